The van der Waals surface area contributed by atoms with E-state index in [1.54, 1.807) is 0 Å². The van der Waals surface area contributed by atoms with Crippen molar-refractivity contribution in [2.24, 2.45) is 0 Å². The second-order valence-electron chi connectivity index (χ2n) is 11.5. The Morgan fingerprint density at radius 2 is 0.333 bits per heavy atom. The summed E-state index contributed by atoms with van der Waals surface area (Å²) < 4.78 is 371. The quantitative estimate of drug-likeness (QED) is 0.0747. The summed E-state index contributed by atoms with van der Waals surface area (Å²) in [6, 6.07) is -0.649. The summed E-state index contributed by atoms with van der Waals surface area (Å²) >= 11 is -2.00. The number of hydrogen-bond donors (Lipinski definition) is 0. The molecule has 1 nitrogen and oxygen atoms in total. The van der Waals surface area contributed by atoms with E-state index < -0.39 is 206 Å². The van der Waals surface area contributed by atoms with E-state index in [-0.39, 0.29) is 18.2 Å². The average Bonchev–Trinajstić information content (AvgIpc) is 3.28. The molecule has 66 heavy (non-hydrogen) atoms. The molecule has 352 valence electrons. The van der Waals surface area contributed by atoms with Crippen LogP contribution < -0.4 is 0 Å². The molecule has 0 fully saturated rings. The molecule has 0 radical (unpaired) electrons. The standard InChI is InChI=1S/3C12HF9.Al.FH.O/c3*13-3-1-2(5(14)9(18)6(3)15)4-7(16)10(19)12(21)11(20)8(4)17;;;/h3*1H;;1H;/q;;;+1;;/p-1. The molecule has 6 aromatic carbocycles. The van der Waals surface area contributed by atoms with Gasteiger partial charge in [-0.05, 0) is 18.2 Å². The molecule has 0 aliphatic carbocycles. The van der Waals surface area contributed by atoms with Crippen LogP contribution in [0.3, 0.4) is 0 Å². The van der Waals surface area contributed by atoms with Crippen LogP contribution >= 0.6 is 0 Å². The molecule has 0 aliphatic heterocycles. The monoisotopic (exact) mass is 1010 g/mol. The Hall–Kier alpha value is -6.31. The summed E-state index contributed by atoms with van der Waals surface area (Å²) in [5.74, 6) is -64.5. The van der Waals surface area contributed by atoms with Crippen LogP contribution in [0.1, 0.15) is 0 Å². The molecule has 6 rings (SSSR count). The van der Waals surface area contributed by atoms with E-state index in [9.17, 15) is 122 Å². The van der Waals surface area contributed by atoms with Gasteiger partial charge >= 0.3 is 22.9 Å². The Bertz CT molecular complexity index is 2540. The second-order valence-corrected chi connectivity index (χ2v) is 11.6. The SMILES string of the molecule is Fc1cc(-c2c(F)c(F)c(F)c(F)c2F)c(F)c(F)c1F.Fc1cc(-c2c(F)c(F)c(F)c(F)c2F)c(F)c(F)c1F.Fc1cc(-c2c(F)c(F)c(F)c(F)c2F)c(F)c(F)c1F.[O]=[Al][F]. The fourth-order valence-corrected chi connectivity index (χ4v) is 4.79. The Morgan fingerprint density at radius 1 is 0.212 bits per heavy atom. The van der Waals surface area contributed by atoms with Gasteiger partial charge in [0.25, 0.3) is 0 Å². The average molecular weight is 1010 g/mol. The molecule has 0 bridgehead atoms. The minimum atomic E-state index is -2.53. The normalized spacial score (nSPS) is 10.7. The van der Waals surface area contributed by atoms with Crippen molar-refractivity contribution in [1.29, 1.82) is 0 Å². The van der Waals surface area contributed by atoms with Crippen LogP contribution in [0.5, 0.6) is 0 Å². The van der Waals surface area contributed by atoms with E-state index in [0.29, 0.717) is 0 Å². The van der Waals surface area contributed by atoms with E-state index in [4.69, 9.17) is 3.80 Å². The number of hydrogen-bond acceptors (Lipinski definition) is 1. The third kappa shape index (κ3) is 9.78. The molecule has 0 heterocycles. The molecule has 0 aliphatic rings. The summed E-state index contributed by atoms with van der Waals surface area (Å²) in [5, 5.41) is 0. The molecule has 0 N–H and O–H groups in total. The number of halogens is 28. The molecule has 0 saturated heterocycles. The fraction of sp³-hybridized carbons (Fsp3) is 0. The molecule has 30 heteroatoms. The van der Waals surface area contributed by atoms with Crippen molar-refractivity contribution >= 4 is 15.6 Å². The molecule has 0 saturated carbocycles. The minimum absolute atomic E-state index is 0.216. The predicted octanol–water partition coefficient (Wildman–Crippen LogP) is 13.7. The van der Waals surface area contributed by atoms with Gasteiger partial charge in [0.2, 0.25) is 17.5 Å². The van der Waals surface area contributed by atoms with Gasteiger partial charge in [-0.3, -0.25) is 0 Å². The molecule has 0 spiro atoms. The van der Waals surface area contributed by atoms with Gasteiger partial charge in [0.15, 0.2) is 140 Å². The molecule has 0 unspecified atom stereocenters. The van der Waals surface area contributed by atoms with Crippen LogP contribution in [0.25, 0.3) is 33.4 Å². The first-order chi connectivity index (χ1) is 30.5. The predicted molar refractivity (Wildman–Crippen MR) is 162 cm³/mol. The zero-order valence-corrected chi connectivity index (χ0v) is 31.0. The van der Waals surface area contributed by atoms with Crippen molar-refractivity contribution < 1.29 is 126 Å². The maximum absolute atomic E-state index is 13.4. The van der Waals surface area contributed by atoms with Gasteiger partial charge in [-0.15, -0.1) is 0 Å². The Balaban J connectivity index is 0.000000255. The van der Waals surface area contributed by atoms with Gasteiger partial charge in [-0.25, -0.2) is 119 Å². The van der Waals surface area contributed by atoms with E-state index in [1.165, 1.54) is 0 Å². The fourth-order valence-electron chi connectivity index (χ4n) is 4.79. The van der Waals surface area contributed by atoms with E-state index in [2.05, 4.69) is 0 Å². The molecule has 0 aromatic heterocycles. The third-order valence-corrected chi connectivity index (χ3v) is 7.75. The van der Waals surface area contributed by atoms with Crippen molar-refractivity contribution in [1.82, 2.24) is 0 Å². The van der Waals surface area contributed by atoms with Crippen molar-refractivity contribution in [3.63, 3.8) is 0 Å². The van der Waals surface area contributed by atoms with Crippen molar-refractivity contribution in [2.75, 3.05) is 0 Å². The Kier molecular flexibility index (Phi) is 17.1. The molecule has 0 amide bonds. The Morgan fingerprint density at radius 3 is 0.485 bits per heavy atom. The Labute approximate surface area is 350 Å². The van der Waals surface area contributed by atoms with Crippen LogP contribution in [-0.2, 0) is 3.80 Å². The summed E-state index contributed by atoms with van der Waals surface area (Å²) in [6.07, 6.45) is 0. The van der Waals surface area contributed by atoms with Crippen molar-refractivity contribution in [3.8, 4) is 33.4 Å². The van der Waals surface area contributed by atoms with E-state index >= 15 is 0 Å². The van der Waals surface area contributed by atoms with Crippen LogP contribution in [-0.4, -0.2) is 15.6 Å². The van der Waals surface area contributed by atoms with Gasteiger partial charge < -0.3 is 0 Å². The third-order valence-electron chi connectivity index (χ3n) is 7.75. The molecule has 0 atom stereocenters. The zero-order chi connectivity index (χ0) is 50.9. The topological polar surface area (TPSA) is 17.1 Å². The van der Waals surface area contributed by atoms with Crippen LogP contribution in [0, 0.1) is 157 Å². The number of benzene rings is 6. The summed E-state index contributed by atoms with van der Waals surface area (Å²) in [5.41, 5.74) is -10.6. The molecule has 6 aromatic rings. The zero-order valence-electron chi connectivity index (χ0n) is 29.8. The molecular formula is C36H3AlF28O. The first-order valence-corrected chi connectivity index (χ1v) is 16.4. The van der Waals surface area contributed by atoms with Crippen LogP contribution in [0.15, 0.2) is 18.2 Å². The summed E-state index contributed by atoms with van der Waals surface area (Å²) in [4.78, 5) is 0. The molecular weight excluding hydrogens is 1010 g/mol. The maximum atomic E-state index is 13.4. The van der Waals surface area contributed by atoms with E-state index in [0.717, 1.165) is 0 Å². The number of rotatable bonds is 3. The second kappa shape index (κ2) is 20.9. The summed E-state index contributed by atoms with van der Waals surface area (Å²) in [7, 11) is 0. The van der Waals surface area contributed by atoms with Crippen LogP contribution in [0.2, 0.25) is 0 Å². The van der Waals surface area contributed by atoms with Gasteiger partial charge in [-0.1, -0.05) is 0 Å². The van der Waals surface area contributed by atoms with Gasteiger partial charge in [0.1, 0.15) is 0 Å². The first kappa shape index (κ1) is 54.0. The van der Waals surface area contributed by atoms with Crippen molar-refractivity contribution in [2.45, 2.75) is 0 Å². The van der Waals surface area contributed by atoms with Crippen LogP contribution in [0.4, 0.5) is 122 Å². The first-order valence-electron chi connectivity index (χ1n) is 15.5. The summed E-state index contributed by atoms with van der Waals surface area (Å²) in [6.45, 7) is 0. The van der Waals surface area contributed by atoms with Gasteiger partial charge in [0, 0.05) is 16.7 Å². The van der Waals surface area contributed by atoms with E-state index in [1.807, 2.05) is 0 Å². The van der Waals surface area contributed by atoms with Gasteiger partial charge in [0.05, 0.1) is 16.7 Å². The van der Waals surface area contributed by atoms with Crippen molar-refractivity contribution in [3.05, 3.63) is 175 Å². The van der Waals surface area contributed by atoms with Gasteiger partial charge in [-0.2, -0.15) is 0 Å².